The average molecular weight is 350 g/mol. The Kier molecular flexibility index (Phi) is 5.11. The minimum absolute atomic E-state index is 0.653. The van der Waals surface area contributed by atoms with Gasteiger partial charge in [-0.05, 0) is 43.4 Å². The van der Waals surface area contributed by atoms with Crippen LogP contribution in [-0.4, -0.2) is 50.9 Å². The van der Waals surface area contributed by atoms with Gasteiger partial charge in [-0.15, -0.1) is 10.2 Å². The molecule has 0 radical (unpaired) electrons. The monoisotopic (exact) mass is 350 g/mol. The average Bonchev–Trinajstić information content (AvgIpc) is 3.17. The van der Waals surface area contributed by atoms with Crippen LogP contribution in [0.5, 0.6) is 0 Å². The van der Waals surface area contributed by atoms with Crippen LogP contribution < -0.4 is 5.32 Å². The van der Waals surface area contributed by atoms with Crippen LogP contribution in [0.4, 0.5) is 5.69 Å². The highest BCUT2D eigenvalue weighted by Gasteiger charge is 2.20. The fourth-order valence-electron chi connectivity index (χ4n) is 3.79. The summed E-state index contributed by atoms with van der Waals surface area (Å²) in [6.07, 6.45) is 5.12. The van der Waals surface area contributed by atoms with Crippen molar-refractivity contribution < 1.29 is 0 Å². The second kappa shape index (κ2) is 7.83. The van der Waals surface area contributed by atoms with Crippen molar-refractivity contribution in [3.8, 4) is 0 Å². The molecule has 4 rings (SSSR count). The largest absolute Gasteiger partial charge is 0.381 e. The lowest BCUT2D eigenvalue weighted by Gasteiger charge is -2.33. The lowest BCUT2D eigenvalue weighted by atomic mass is 9.91. The topological polar surface area (TPSA) is 58.3 Å². The number of aromatic nitrogens is 4. The maximum absolute atomic E-state index is 4.50. The zero-order valence-electron chi connectivity index (χ0n) is 15.3. The summed E-state index contributed by atoms with van der Waals surface area (Å²) in [6, 6.07) is 13.0. The molecule has 1 atom stereocenters. The molecule has 0 saturated carbocycles. The third-order valence-corrected chi connectivity index (χ3v) is 5.20. The minimum Gasteiger partial charge on any atom is -0.381 e. The van der Waals surface area contributed by atoms with Gasteiger partial charge < -0.3 is 10.2 Å². The Labute approximate surface area is 154 Å². The first-order valence-electron chi connectivity index (χ1n) is 9.54. The number of piperidine rings is 1. The third-order valence-electron chi connectivity index (χ3n) is 5.20. The maximum atomic E-state index is 4.50. The Morgan fingerprint density at radius 1 is 1.23 bits per heavy atom. The van der Waals surface area contributed by atoms with Crippen molar-refractivity contribution in [3.63, 3.8) is 0 Å². The predicted molar refractivity (Wildman–Crippen MR) is 104 cm³/mol. The van der Waals surface area contributed by atoms with E-state index in [-0.39, 0.29) is 0 Å². The Morgan fingerprint density at radius 2 is 2.12 bits per heavy atom. The van der Waals surface area contributed by atoms with Gasteiger partial charge in [-0.1, -0.05) is 37.3 Å². The number of nitrogens with one attached hydrogen (secondary N) is 1. The highest BCUT2D eigenvalue weighted by molar-refractivity contribution is 5.66. The first kappa shape index (κ1) is 17.0. The Balaban J connectivity index is 1.37. The van der Waals surface area contributed by atoms with Crippen molar-refractivity contribution in [2.45, 2.75) is 32.1 Å². The zero-order valence-corrected chi connectivity index (χ0v) is 15.3. The lowest BCUT2D eigenvalue weighted by molar-refractivity contribution is 0.215. The van der Waals surface area contributed by atoms with Crippen LogP contribution in [0.15, 0.2) is 42.7 Å². The van der Waals surface area contributed by atoms with Gasteiger partial charge in [0.1, 0.15) is 6.33 Å². The van der Waals surface area contributed by atoms with Crippen LogP contribution in [0, 0.1) is 0 Å². The second-order valence-electron chi connectivity index (χ2n) is 6.98. The number of nitrogens with zero attached hydrogens (tertiary/aromatic N) is 5. The molecule has 1 saturated heterocycles. The molecule has 1 aliphatic heterocycles. The van der Waals surface area contributed by atoms with Gasteiger partial charge >= 0.3 is 0 Å². The maximum Gasteiger partial charge on any atom is 0.200 e. The van der Waals surface area contributed by atoms with Crippen LogP contribution in [-0.2, 0) is 6.42 Å². The summed E-state index contributed by atoms with van der Waals surface area (Å²) in [5.41, 5.74) is 4.33. The van der Waals surface area contributed by atoms with Crippen LogP contribution in [0.3, 0.4) is 0 Å². The lowest BCUT2D eigenvalue weighted by Crippen LogP contribution is -2.37. The number of benzene rings is 1. The number of anilines is 1. The van der Waals surface area contributed by atoms with E-state index in [0.717, 1.165) is 43.1 Å². The number of aryl methyl sites for hydroxylation is 1. The molecule has 1 fully saturated rings. The molecular formula is C20H26N6. The molecule has 1 unspecified atom stereocenters. The summed E-state index contributed by atoms with van der Waals surface area (Å²) in [7, 11) is 0. The molecule has 136 valence electrons. The zero-order chi connectivity index (χ0) is 17.8. The summed E-state index contributed by atoms with van der Waals surface area (Å²) >= 11 is 0. The number of hydrogen-bond donors (Lipinski definition) is 1. The summed E-state index contributed by atoms with van der Waals surface area (Å²) in [6.45, 7) is 6.37. The van der Waals surface area contributed by atoms with Crippen LogP contribution >= 0.6 is 0 Å². The van der Waals surface area contributed by atoms with E-state index in [9.17, 15) is 0 Å². The van der Waals surface area contributed by atoms with Gasteiger partial charge in [0.05, 0.1) is 11.4 Å². The number of fused-ring (bicyclic) bond motifs is 1. The molecular weight excluding hydrogens is 324 g/mol. The van der Waals surface area contributed by atoms with Crippen LogP contribution in [0.2, 0.25) is 0 Å². The Hall–Kier alpha value is -2.47. The minimum atomic E-state index is 0.653. The van der Waals surface area contributed by atoms with E-state index >= 15 is 0 Å². The van der Waals surface area contributed by atoms with E-state index in [1.165, 1.54) is 24.9 Å². The van der Waals surface area contributed by atoms with Gasteiger partial charge in [-0.3, -0.25) is 0 Å². The molecule has 0 spiro atoms. The molecule has 1 aromatic carbocycles. The molecule has 6 nitrogen and oxygen atoms in total. The summed E-state index contributed by atoms with van der Waals surface area (Å²) in [5, 5.41) is 16.2. The molecule has 0 bridgehead atoms. The summed E-state index contributed by atoms with van der Waals surface area (Å²) < 4.78 is 1.76. The van der Waals surface area contributed by atoms with E-state index < -0.39 is 0 Å². The molecule has 3 heterocycles. The van der Waals surface area contributed by atoms with Crippen molar-refractivity contribution in [3.05, 3.63) is 54.0 Å². The van der Waals surface area contributed by atoms with E-state index in [4.69, 9.17) is 0 Å². The van der Waals surface area contributed by atoms with Crippen LogP contribution in [0.1, 0.15) is 36.9 Å². The molecule has 3 aromatic rings. The number of likely N-dealkylation sites (tertiary alicyclic amines) is 1. The van der Waals surface area contributed by atoms with E-state index in [0.29, 0.717) is 5.92 Å². The van der Waals surface area contributed by atoms with E-state index in [2.05, 4.69) is 68.8 Å². The normalized spacial score (nSPS) is 18.3. The molecule has 2 aromatic heterocycles. The van der Waals surface area contributed by atoms with Gasteiger partial charge in [0, 0.05) is 19.6 Å². The highest BCUT2D eigenvalue weighted by atomic mass is 15.3. The van der Waals surface area contributed by atoms with Crippen molar-refractivity contribution in [2.24, 2.45) is 0 Å². The predicted octanol–water partition coefficient (Wildman–Crippen LogP) is 2.98. The van der Waals surface area contributed by atoms with Crippen molar-refractivity contribution in [2.75, 3.05) is 31.5 Å². The van der Waals surface area contributed by atoms with Gasteiger partial charge in [-0.25, -0.2) is 0 Å². The molecule has 6 heteroatoms. The summed E-state index contributed by atoms with van der Waals surface area (Å²) in [5.74, 6) is 0.653. The summed E-state index contributed by atoms with van der Waals surface area (Å²) in [4.78, 5) is 2.57. The molecule has 0 aliphatic carbocycles. The number of hydrogen-bond acceptors (Lipinski definition) is 5. The van der Waals surface area contributed by atoms with Crippen molar-refractivity contribution in [1.29, 1.82) is 0 Å². The van der Waals surface area contributed by atoms with E-state index in [1.54, 1.807) is 10.8 Å². The van der Waals surface area contributed by atoms with Crippen LogP contribution in [0.25, 0.3) is 5.65 Å². The first-order valence-corrected chi connectivity index (χ1v) is 9.54. The van der Waals surface area contributed by atoms with Gasteiger partial charge in [0.15, 0.2) is 0 Å². The first-order chi connectivity index (χ1) is 12.8. The highest BCUT2D eigenvalue weighted by Crippen LogP contribution is 2.26. The number of rotatable bonds is 6. The SMILES string of the molecule is CCc1cc(NCCN2CCCC(c3ccccc3)C2)c2nncn2n1. The fourth-order valence-corrected chi connectivity index (χ4v) is 3.79. The molecule has 1 N–H and O–H groups in total. The Bertz CT molecular complexity index is 844. The second-order valence-corrected chi connectivity index (χ2v) is 6.98. The van der Waals surface area contributed by atoms with Gasteiger partial charge in [0.2, 0.25) is 5.65 Å². The molecule has 1 aliphatic rings. The van der Waals surface area contributed by atoms with E-state index in [1.807, 2.05) is 0 Å². The van der Waals surface area contributed by atoms with Crippen molar-refractivity contribution in [1.82, 2.24) is 24.7 Å². The molecule has 0 amide bonds. The Morgan fingerprint density at radius 3 is 2.96 bits per heavy atom. The fraction of sp³-hybridized carbons (Fsp3) is 0.450. The standard InChI is InChI=1S/C20H26N6/c1-2-18-13-19(20-23-22-15-26(20)24-18)21-10-12-25-11-6-9-17(14-25)16-7-4-3-5-8-16/h3-5,7-8,13,15,17,21H,2,6,9-12,14H2,1H3. The quantitative estimate of drug-likeness (QED) is 0.741. The van der Waals surface area contributed by atoms with Gasteiger partial charge in [0.25, 0.3) is 0 Å². The molecule has 26 heavy (non-hydrogen) atoms. The third kappa shape index (κ3) is 3.70. The van der Waals surface area contributed by atoms with Gasteiger partial charge in [-0.2, -0.15) is 9.61 Å². The smallest absolute Gasteiger partial charge is 0.200 e. The van der Waals surface area contributed by atoms with Crippen molar-refractivity contribution >= 4 is 11.3 Å².